The number of rotatable bonds is 9. The van der Waals surface area contributed by atoms with Gasteiger partial charge in [0.25, 0.3) is 0 Å². The van der Waals surface area contributed by atoms with Crippen LogP contribution in [-0.2, 0) is 24.9 Å². The normalized spacial score (nSPS) is 12.2. The van der Waals surface area contributed by atoms with Gasteiger partial charge in [-0.15, -0.1) is 0 Å². The summed E-state index contributed by atoms with van der Waals surface area (Å²) >= 11 is -0.261. The van der Waals surface area contributed by atoms with Crippen molar-refractivity contribution < 1.29 is 34.4 Å². The smallest absolute Gasteiger partial charge is 0 e. The molecule has 0 aliphatic rings. The second kappa shape index (κ2) is 15.4. The number of hydrogen-bond acceptors (Lipinski definition) is 5. The van der Waals surface area contributed by atoms with E-state index in [0.717, 1.165) is 69.1 Å². The first kappa shape index (κ1) is 36.1. The summed E-state index contributed by atoms with van der Waals surface area (Å²) in [5, 5.41) is 15.2. The van der Waals surface area contributed by atoms with E-state index in [4.69, 9.17) is 9.40 Å². The maximum absolute atomic E-state index is 11.7. The molecule has 0 unspecified atom stereocenters. The number of aliphatic hydroxyl groups excluding tert-OH is 1. The zero-order valence-electron chi connectivity index (χ0n) is 27.9. The molecule has 1 N–H and O–H groups in total. The van der Waals surface area contributed by atoms with Crippen molar-refractivity contribution in [1.82, 2.24) is 4.98 Å². The summed E-state index contributed by atoms with van der Waals surface area (Å²) in [7, 11) is 0. The molecule has 2 aromatic heterocycles. The molecule has 0 saturated heterocycles. The number of allylic oxidation sites excluding steroid dienone is 2. The van der Waals surface area contributed by atoms with E-state index in [1.807, 2.05) is 33.8 Å². The van der Waals surface area contributed by atoms with Crippen LogP contribution in [0.15, 0.2) is 83.0 Å². The summed E-state index contributed by atoms with van der Waals surface area (Å²) in [6.07, 6.45) is 4.91. The first-order valence-electron chi connectivity index (χ1n) is 16.2. The number of furan rings is 1. The van der Waals surface area contributed by atoms with Crippen molar-refractivity contribution in [3.8, 4) is 10.6 Å². The Hall–Kier alpha value is -2.77. The van der Waals surface area contributed by atoms with Crippen LogP contribution in [0.2, 0.25) is 17.3 Å². The molecule has 1 radical (unpaired) electrons. The molecule has 0 aliphatic carbocycles. The van der Waals surface area contributed by atoms with E-state index < -0.39 is 13.3 Å². The fourth-order valence-electron chi connectivity index (χ4n) is 5.91. The Morgan fingerprint density at radius 3 is 2.22 bits per heavy atom. The Morgan fingerprint density at radius 1 is 0.913 bits per heavy atom. The zero-order chi connectivity index (χ0) is 32.3. The number of nitrogens with zero attached hydrogens (tertiary/aromatic N) is 1. The van der Waals surface area contributed by atoms with Crippen LogP contribution in [0.25, 0.3) is 53.5 Å². The van der Waals surface area contributed by atoms with Gasteiger partial charge in [0.1, 0.15) is 0 Å². The molecule has 4 aromatic carbocycles. The molecule has 7 heteroatoms. The zero-order valence-corrected chi connectivity index (χ0v) is 33.2. The van der Waals surface area contributed by atoms with Crippen molar-refractivity contribution in [2.45, 2.75) is 70.6 Å². The van der Waals surface area contributed by atoms with Gasteiger partial charge in [-0.05, 0) is 25.7 Å². The second-order valence-electron chi connectivity index (χ2n) is 12.8. The summed E-state index contributed by atoms with van der Waals surface area (Å²) in [4.78, 5) is 16.7. The number of para-hydroxylation sites is 1. The molecule has 0 spiro atoms. The summed E-state index contributed by atoms with van der Waals surface area (Å²) in [5.41, 5.74) is 3.95. The molecular weight excluding hydrogens is 827 g/mol. The average Bonchev–Trinajstić information content (AvgIpc) is 3.64. The molecule has 0 amide bonds. The van der Waals surface area contributed by atoms with Crippen molar-refractivity contribution in [2.24, 2.45) is 11.8 Å². The van der Waals surface area contributed by atoms with Crippen LogP contribution in [0.1, 0.15) is 53.4 Å². The van der Waals surface area contributed by atoms with Gasteiger partial charge in [0.05, 0.1) is 5.76 Å². The van der Waals surface area contributed by atoms with Crippen LogP contribution >= 0.6 is 11.3 Å². The Labute approximate surface area is 293 Å². The summed E-state index contributed by atoms with van der Waals surface area (Å²) in [6.45, 7) is 8.07. The fraction of sp³-hybridized carbons (Fsp3) is 0.333. The van der Waals surface area contributed by atoms with Gasteiger partial charge in [0, 0.05) is 38.0 Å². The van der Waals surface area contributed by atoms with Crippen molar-refractivity contribution in [3.05, 3.63) is 84.6 Å². The van der Waals surface area contributed by atoms with Crippen LogP contribution in [0.5, 0.6) is 0 Å². The third kappa shape index (κ3) is 7.52. The Balaban J connectivity index is 0.000000259. The van der Waals surface area contributed by atoms with Gasteiger partial charge >= 0.3 is 182 Å². The molecule has 0 atom stereocenters. The van der Waals surface area contributed by atoms with Crippen LogP contribution in [0, 0.1) is 17.9 Å². The predicted octanol–water partition coefficient (Wildman–Crippen LogP) is 11.2. The number of ketones is 1. The third-order valence-corrected chi connectivity index (χ3v) is 14.2. The summed E-state index contributed by atoms with van der Waals surface area (Å²) < 4.78 is 9.12. The largest absolute Gasteiger partial charge is 0 e. The van der Waals surface area contributed by atoms with E-state index in [-0.39, 0.29) is 43.5 Å². The molecular formula is C39H44GeIrNO3S-. The molecule has 46 heavy (non-hydrogen) atoms. The Bertz CT molecular complexity index is 1960. The van der Waals surface area contributed by atoms with Gasteiger partial charge in [-0.25, -0.2) is 0 Å². The number of fused-ring (bicyclic) bond motifs is 6. The van der Waals surface area contributed by atoms with E-state index in [9.17, 15) is 9.90 Å². The average molecular weight is 872 g/mol. The monoisotopic (exact) mass is 873 g/mol. The maximum Gasteiger partial charge on any atom is 0 e. The van der Waals surface area contributed by atoms with Crippen molar-refractivity contribution >= 4 is 77.7 Å². The second-order valence-corrected chi connectivity index (χ2v) is 24.5. The standard InChI is InChI=1S/C26H20GeNOS.C13H24O2.Ir/c1-27(2,3)17-12-13-22-19(15-17)24-20(26-28-21-10-6-7-11-23(21)30-26)14-16-8-4-5-9-18(16)25(24)29-22;1-5-10(6-2)12(14)9-13(15)11(7-3)8-4;/h4-13,15H,1-3H3;9-11,14H,5-8H2,1-4H3;/q-1;;/b;12-9-;. The number of thiazole rings is 1. The van der Waals surface area contributed by atoms with E-state index in [0.29, 0.717) is 0 Å². The number of aromatic nitrogens is 1. The van der Waals surface area contributed by atoms with Crippen LogP contribution in [-0.4, -0.2) is 29.1 Å². The minimum Gasteiger partial charge on any atom is 0 e. The maximum atomic E-state index is 11.7. The van der Waals surface area contributed by atoms with Gasteiger partial charge in [0.2, 0.25) is 0 Å². The van der Waals surface area contributed by atoms with Crippen LogP contribution in [0.4, 0.5) is 0 Å². The minimum absolute atomic E-state index is 0. The molecule has 4 nitrogen and oxygen atoms in total. The first-order chi connectivity index (χ1) is 21.6. The quantitative estimate of drug-likeness (QED) is 0.0680. The number of aliphatic hydroxyl groups is 1. The van der Waals surface area contributed by atoms with Gasteiger partial charge in [-0.2, -0.15) is 0 Å². The molecule has 0 bridgehead atoms. The van der Waals surface area contributed by atoms with Crippen molar-refractivity contribution in [1.29, 1.82) is 0 Å². The van der Waals surface area contributed by atoms with E-state index in [2.05, 4.69) is 84.0 Å². The Morgan fingerprint density at radius 2 is 1.57 bits per heavy atom. The molecule has 243 valence electrons. The summed E-state index contributed by atoms with van der Waals surface area (Å²) in [5.74, 6) is 7.84. The van der Waals surface area contributed by atoms with Crippen LogP contribution in [0.3, 0.4) is 0 Å². The van der Waals surface area contributed by atoms with Gasteiger partial charge in [-0.1, -0.05) is 27.7 Å². The molecule has 6 rings (SSSR count). The number of benzene rings is 4. The molecule has 0 saturated carbocycles. The number of carbonyl (C=O) groups is 1. The molecule has 6 aromatic rings. The van der Waals surface area contributed by atoms with Gasteiger partial charge in [-0.3, -0.25) is 4.79 Å². The van der Waals surface area contributed by atoms with E-state index in [1.54, 1.807) is 11.3 Å². The molecule has 0 fully saturated rings. The SMILES string of the molecule is CCC(CC)C(=O)/C=C(\O)C(CC)CC.[CH3][Ge]([CH3])([CH3])[c]1ccc2oc3c4ccccc4[c-]c(-c4nc5ccccc5s4)c3c2c1.[Ir]. The van der Waals surface area contributed by atoms with E-state index >= 15 is 0 Å². The third-order valence-electron chi connectivity index (χ3n) is 8.83. The topological polar surface area (TPSA) is 63.3 Å². The molecule has 2 heterocycles. The van der Waals surface area contributed by atoms with Gasteiger partial charge < -0.3 is 5.11 Å². The fourth-order valence-corrected chi connectivity index (χ4v) is 9.32. The van der Waals surface area contributed by atoms with Crippen LogP contribution < -0.4 is 4.40 Å². The number of hydrogen-bond donors (Lipinski definition) is 1. The number of carbonyl (C=O) groups excluding carboxylic acids is 1. The minimum atomic E-state index is -1.98. The Kier molecular flexibility index (Phi) is 12.1. The van der Waals surface area contributed by atoms with Crippen molar-refractivity contribution in [2.75, 3.05) is 0 Å². The summed E-state index contributed by atoms with van der Waals surface area (Å²) in [6, 6.07) is 27.1. The predicted molar refractivity (Wildman–Crippen MR) is 196 cm³/mol. The van der Waals surface area contributed by atoms with Gasteiger partial charge in [0.15, 0.2) is 5.78 Å². The van der Waals surface area contributed by atoms with E-state index in [1.165, 1.54) is 20.6 Å². The first-order valence-corrected chi connectivity index (χ1v) is 24.4. The molecule has 0 aliphatic heterocycles. The van der Waals surface area contributed by atoms with Crippen molar-refractivity contribution in [3.63, 3.8) is 0 Å².